The molecule has 2 saturated heterocycles. The van der Waals surface area contributed by atoms with Crippen LogP contribution in [0, 0.1) is 5.82 Å². The van der Waals surface area contributed by atoms with Gasteiger partial charge in [0.15, 0.2) is 0 Å². The van der Waals surface area contributed by atoms with Crippen LogP contribution in [0.4, 0.5) is 10.1 Å². The van der Waals surface area contributed by atoms with Gasteiger partial charge in [-0.15, -0.1) is 0 Å². The number of benzene rings is 1. The van der Waals surface area contributed by atoms with Crippen LogP contribution in [-0.4, -0.2) is 66.9 Å². The Bertz CT molecular complexity index is 646. The van der Waals surface area contributed by atoms with Gasteiger partial charge in [-0.05, 0) is 31.5 Å². The number of para-hydroxylation sites is 1. The summed E-state index contributed by atoms with van der Waals surface area (Å²) in [4.78, 5) is 29.9. The summed E-state index contributed by atoms with van der Waals surface area (Å²) in [6.45, 7) is 3.58. The van der Waals surface area contributed by atoms with Gasteiger partial charge in [-0.3, -0.25) is 14.5 Å². The number of amides is 2. The highest BCUT2D eigenvalue weighted by Crippen LogP contribution is 2.22. The molecule has 0 saturated carbocycles. The predicted octanol–water partition coefficient (Wildman–Crippen LogP) is 1.20. The maximum Gasteiger partial charge on any atom is 0.236 e. The minimum absolute atomic E-state index is 0.0740. The summed E-state index contributed by atoms with van der Waals surface area (Å²) in [5, 5.41) is 0. The van der Waals surface area contributed by atoms with Crippen LogP contribution in [-0.2, 0) is 9.59 Å². The Kier molecular flexibility index (Phi) is 6.08. The van der Waals surface area contributed by atoms with Gasteiger partial charge in [0, 0.05) is 38.6 Å². The van der Waals surface area contributed by atoms with E-state index in [1.54, 1.807) is 12.1 Å². The zero-order chi connectivity index (χ0) is 18.5. The van der Waals surface area contributed by atoms with Crippen LogP contribution in [0.15, 0.2) is 24.3 Å². The Balaban J connectivity index is 1.53. The minimum Gasteiger partial charge on any atom is -0.370 e. The van der Waals surface area contributed by atoms with Crippen LogP contribution in [0.2, 0.25) is 0 Å². The smallest absolute Gasteiger partial charge is 0.236 e. The fraction of sp³-hybridized carbons (Fsp3) is 0.579. The summed E-state index contributed by atoms with van der Waals surface area (Å²) in [5.74, 6) is -0.461. The number of nitrogens with zero attached hydrogens (tertiary/aromatic N) is 3. The Morgan fingerprint density at radius 2 is 1.81 bits per heavy atom. The van der Waals surface area contributed by atoms with E-state index in [0.717, 1.165) is 25.8 Å². The van der Waals surface area contributed by atoms with Crippen molar-refractivity contribution in [2.45, 2.75) is 31.7 Å². The summed E-state index contributed by atoms with van der Waals surface area (Å²) in [7, 11) is 0. The lowest BCUT2D eigenvalue weighted by atomic mass is 9.99. The molecule has 142 valence electrons. The number of primary amides is 1. The average Bonchev–Trinajstić information content (AvgIpc) is 2.63. The molecule has 2 heterocycles. The third kappa shape index (κ3) is 4.52. The molecule has 7 heteroatoms. The number of rotatable bonds is 5. The quantitative estimate of drug-likeness (QED) is 0.855. The molecule has 1 aromatic carbocycles. The molecule has 1 atom stereocenters. The first-order chi connectivity index (χ1) is 12.5. The van der Waals surface area contributed by atoms with E-state index < -0.39 is 0 Å². The van der Waals surface area contributed by atoms with Crippen molar-refractivity contribution in [3.8, 4) is 0 Å². The van der Waals surface area contributed by atoms with E-state index in [-0.39, 0.29) is 23.7 Å². The second kappa shape index (κ2) is 8.49. The van der Waals surface area contributed by atoms with Crippen molar-refractivity contribution in [2.75, 3.05) is 44.2 Å². The molecule has 2 fully saturated rings. The van der Waals surface area contributed by atoms with Crippen molar-refractivity contribution >= 4 is 17.5 Å². The Labute approximate surface area is 153 Å². The van der Waals surface area contributed by atoms with Crippen LogP contribution in [0.25, 0.3) is 0 Å². The standard InChI is InChI=1S/C19H27FN4O2/c20-16-6-1-2-7-17(16)22-9-11-23(12-10-22)19(26)14-24-8-4-3-5-15(24)13-18(21)25/h1-2,6-7,15H,3-5,8-14H2,(H2,21,25). The van der Waals surface area contributed by atoms with E-state index in [0.29, 0.717) is 44.8 Å². The summed E-state index contributed by atoms with van der Waals surface area (Å²) < 4.78 is 13.9. The van der Waals surface area contributed by atoms with Crippen molar-refractivity contribution in [1.29, 1.82) is 0 Å². The van der Waals surface area contributed by atoms with Gasteiger partial charge in [0.2, 0.25) is 11.8 Å². The second-order valence-corrected chi connectivity index (χ2v) is 7.11. The first-order valence-electron chi connectivity index (χ1n) is 9.34. The third-order valence-electron chi connectivity index (χ3n) is 5.35. The molecule has 26 heavy (non-hydrogen) atoms. The largest absolute Gasteiger partial charge is 0.370 e. The van der Waals surface area contributed by atoms with E-state index in [4.69, 9.17) is 5.73 Å². The van der Waals surface area contributed by atoms with Gasteiger partial charge in [0.25, 0.3) is 0 Å². The van der Waals surface area contributed by atoms with Crippen molar-refractivity contribution in [3.63, 3.8) is 0 Å². The number of carbonyl (C=O) groups excluding carboxylic acids is 2. The highest BCUT2D eigenvalue weighted by molar-refractivity contribution is 5.79. The van der Waals surface area contributed by atoms with E-state index in [1.807, 2.05) is 15.9 Å². The molecule has 2 aliphatic heterocycles. The van der Waals surface area contributed by atoms with Gasteiger partial charge in [0.1, 0.15) is 5.82 Å². The van der Waals surface area contributed by atoms with Gasteiger partial charge in [-0.2, -0.15) is 0 Å². The second-order valence-electron chi connectivity index (χ2n) is 7.11. The van der Waals surface area contributed by atoms with Gasteiger partial charge in [-0.1, -0.05) is 18.6 Å². The summed E-state index contributed by atoms with van der Waals surface area (Å²) in [5.41, 5.74) is 5.94. The van der Waals surface area contributed by atoms with Crippen LogP contribution >= 0.6 is 0 Å². The van der Waals surface area contributed by atoms with Gasteiger partial charge >= 0.3 is 0 Å². The monoisotopic (exact) mass is 362 g/mol. The van der Waals surface area contributed by atoms with Crippen molar-refractivity contribution in [3.05, 3.63) is 30.1 Å². The first kappa shape index (κ1) is 18.6. The van der Waals surface area contributed by atoms with Crippen LogP contribution in [0.3, 0.4) is 0 Å². The molecule has 0 spiro atoms. The molecular formula is C19H27FN4O2. The maximum atomic E-state index is 13.9. The number of nitrogens with two attached hydrogens (primary N) is 1. The summed E-state index contributed by atoms with van der Waals surface area (Å²) >= 11 is 0. The molecular weight excluding hydrogens is 335 g/mol. The van der Waals surface area contributed by atoms with E-state index in [1.165, 1.54) is 6.07 Å². The highest BCUT2D eigenvalue weighted by Gasteiger charge is 2.29. The average molecular weight is 362 g/mol. The van der Waals surface area contributed by atoms with Crippen LogP contribution in [0.1, 0.15) is 25.7 Å². The lowest BCUT2D eigenvalue weighted by molar-refractivity contribution is -0.134. The van der Waals surface area contributed by atoms with Gasteiger partial charge in [0.05, 0.1) is 12.2 Å². The Morgan fingerprint density at radius 3 is 2.50 bits per heavy atom. The molecule has 1 aromatic rings. The number of likely N-dealkylation sites (tertiary alicyclic amines) is 1. The normalized spacial score (nSPS) is 21.7. The molecule has 6 nitrogen and oxygen atoms in total. The zero-order valence-corrected chi connectivity index (χ0v) is 15.1. The zero-order valence-electron chi connectivity index (χ0n) is 15.1. The molecule has 2 amide bonds. The fourth-order valence-corrected chi connectivity index (χ4v) is 3.91. The number of anilines is 1. The van der Waals surface area contributed by atoms with Crippen molar-refractivity contribution in [2.24, 2.45) is 5.73 Å². The number of carbonyl (C=O) groups is 2. The van der Waals surface area contributed by atoms with E-state index in [9.17, 15) is 14.0 Å². The van der Waals surface area contributed by atoms with Gasteiger partial charge in [-0.25, -0.2) is 4.39 Å². The molecule has 0 aromatic heterocycles. The number of piperidine rings is 1. The Hall–Kier alpha value is -2.15. The predicted molar refractivity (Wildman–Crippen MR) is 98.2 cm³/mol. The topological polar surface area (TPSA) is 69.9 Å². The lowest BCUT2D eigenvalue weighted by Gasteiger charge is -2.39. The molecule has 3 rings (SSSR count). The fourth-order valence-electron chi connectivity index (χ4n) is 3.91. The Morgan fingerprint density at radius 1 is 1.08 bits per heavy atom. The maximum absolute atomic E-state index is 13.9. The molecule has 2 N–H and O–H groups in total. The number of piperazine rings is 1. The summed E-state index contributed by atoms with van der Waals surface area (Å²) in [6, 6.07) is 6.81. The first-order valence-corrected chi connectivity index (χ1v) is 9.34. The van der Waals surface area contributed by atoms with Crippen molar-refractivity contribution < 1.29 is 14.0 Å². The number of hydrogen-bond acceptors (Lipinski definition) is 4. The van der Waals surface area contributed by atoms with E-state index >= 15 is 0 Å². The van der Waals surface area contributed by atoms with Gasteiger partial charge < -0.3 is 15.5 Å². The van der Waals surface area contributed by atoms with Crippen LogP contribution < -0.4 is 10.6 Å². The SMILES string of the molecule is NC(=O)CC1CCCCN1CC(=O)N1CCN(c2ccccc2F)CC1. The molecule has 0 radical (unpaired) electrons. The third-order valence-corrected chi connectivity index (χ3v) is 5.35. The van der Waals surface area contributed by atoms with Crippen molar-refractivity contribution in [1.82, 2.24) is 9.80 Å². The molecule has 0 bridgehead atoms. The summed E-state index contributed by atoms with van der Waals surface area (Å²) in [6.07, 6.45) is 3.35. The minimum atomic E-state index is -0.312. The molecule has 1 unspecified atom stereocenters. The number of hydrogen-bond donors (Lipinski definition) is 1. The van der Waals surface area contributed by atoms with Crippen LogP contribution in [0.5, 0.6) is 0 Å². The van der Waals surface area contributed by atoms with E-state index in [2.05, 4.69) is 4.90 Å². The molecule has 0 aliphatic carbocycles. The lowest BCUT2D eigenvalue weighted by Crippen LogP contribution is -2.53. The highest BCUT2D eigenvalue weighted by atomic mass is 19.1. The molecule has 2 aliphatic rings. The number of halogens is 1.